The van der Waals surface area contributed by atoms with Gasteiger partial charge in [-0.25, -0.2) is 0 Å². The summed E-state index contributed by atoms with van der Waals surface area (Å²) in [7, 11) is 0. The van der Waals surface area contributed by atoms with Crippen molar-refractivity contribution in [2.24, 2.45) is 0 Å². The van der Waals surface area contributed by atoms with Gasteiger partial charge in [-0.15, -0.1) is 0 Å². The second-order valence-corrected chi connectivity index (χ2v) is 3.98. The maximum absolute atomic E-state index is 12.2. The van der Waals surface area contributed by atoms with E-state index in [9.17, 15) is 4.79 Å². The fourth-order valence-electron chi connectivity index (χ4n) is 2.19. The van der Waals surface area contributed by atoms with Crippen LogP contribution >= 0.6 is 0 Å². The van der Waals surface area contributed by atoms with Gasteiger partial charge in [0, 0.05) is 31.9 Å². The van der Waals surface area contributed by atoms with Crippen LogP contribution in [0.3, 0.4) is 0 Å². The molecule has 16 heavy (non-hydrogen) atoms. The van der Waals surface area contributed by atoms with Gasteiger partial charge >= 0.3 is 0 Å². The van der Waals surface area contributed by atoms with Crippen molar-refractivity contribution in [3.63, 3.8) is 0 Å². The molecule has 0 atom stereocenters. The third-order valence-corrected chi connectivity index (χ3v) is 3.17. The molecular weight excluding hydrogens is 200 g/mol. The predicted molar refractivity (Wildman–Crippen MR) is 65.9 cm³/mol. The largest absolute Gasteiger partial charge is 0.369 e. The van der Waals surface area contributed by atoms with Crippen LogP contribution < -0.4 is 4.90 Å². The highest BCUT2D eigenvalue weighted by molar-refractivity contribution is 6.00. The first kappa shape index (κ1) is 11.0. The fourth-order valence-corrected chi connectivity index (χ4v) is 2.19. The molecule has 3 nitrogen and oxygen atoms in total. The maximum Gasteiger partial charge on any atom is 0.256 e. The highest BCUT2D eigenvalue weighted by Gasteiger charge is 2.23. The molecule has 0 unspecified atom stereocenters. The van der Waals surface area contributed by atoms with Crippen molar-refractivity contribution < 1.29 is 4.79 Å². The summed E-state index contributed by atoms with van der Waals surface area (Å²) in [5, 5.41) is 0. The van der Waals surface area contributed by atoms with E-state index in [0.29, 0.717) is 0 Å². The number of carbonyl (C=O) groups excluding carboxylic acids is 1. The van der Waals surface area contributed by atoms with Crippen LogP contribution in [0.4, 0.5) is 5.69 Å². The SMILES string of the molecule is CCN1CCN(CC)c2ccccc2C1=O. The Morgan fingerprint density at radius 1 is 1.06 bits per heavy atom. The lowest BCUT2D eigenvalue weighted by atomic mass is 10.1. The number of hydrogen-bond donors (Lipinski definition) is 0. The zero-order chi connectivity index (χ0) is 11.5. The molecule has 3 heteroatoms. The summed E-state index contributed by atoms with van der Waals surface area (Å²) in [4.78, 5) is 16.4. The molecule has 2 rings (SSSR count). The van der Waals surface area contributed by atoms with Crippen LogP contribution in [0, 0.1) is 0 Å². The van der Waals surface area contributed by atoms with Gasteiger partial charge in [-0.1, -0.05) is 12.1 Å². The Morgan fingerprint density at radius 3 is 2.38 bits per heavy atom. The quantitative estimate of drug-likeness (QED) is 0.758. The Kier molecular flexibility index (Phi) is 3.13. The molecule has 0 aromatic heterocycles. The zero-order valence-corrected chi connectivity index (χ0v) is 9.94. The highest BCUT2D eigenvalue weighted by Crippen LogP contribution is 2.24. The second kappa shape index (κ2) is 4.56. The van der Waals surface area contributed by atoms with Crippen LogP contribution in [-0.4, -0.2) is 37.0 Å². The summed E-state index contributed by atoms with van der Waals surface area (Å²) < 4.78 is 0. The number of anilines is 1. The fraction of sp³-hybridized carbons (Fsp3) is 0.462. The van der Waals surface area contributed by atoms with Crippen LogP contribution in [0.2, 0.25) is 0 Å². The molecule has 0 aliphatic carbocycles. The van der Waals surface area contributed by atoms with Crippen molar-refractivity contribution in [3.8, 4) is 0 Å². The van der Waals surface area contributed by atoms with Gasteiger partial charge in [-0.05, 0) is 26.0 Å². The maximum atomic E-state index is 12.2. The number of likely N-dealkylation sites (N-methyl/N-ethyl adjacent to an activating group) is 2. The third kappa shape index (κ3) is 1.77. The van der Waals surface area contributed by atoms with E-state index in [0.717, 1.165) is 37.4 Å². The number of hydrogen-bond acceptors (Lipinski definition) is 2. The van der Waals surface area contributed by atoms with Gasteiger partial charge in [0.25, 0.3) is 5.91 Å². The summed E-state index contributed by atoms with van der Waals surface area (Å²) in [6.45, 7) is 7.63. The van der Waals surface area contributed by atoms with Crippen molar-refractivity contribution in [1.82, 2.24) is 4.90 Å². The Hall–Kier alpha value is -1.51. The molecule has 0 radical (unpaired) electrons. The first-order valence-electron chi connectivity index (χ1n) is 5.91. The summed E-state index contributed by atoms with van der Waals surface area (Å²) in [5.74, 6) is 0.161. The van der Waals surface area contributed by atoms with E-state index in [-0.39, 0.29) is 5.91 Å². The molecule has 1 heterocycles. The monoisotopic (exact) mass is 218 g/mol. The van der Waals surface area contributed by atoms with Gasteiger partial charge in [-0.3, -0.25) is 4.79 Å². The molecule has 0 bridgehead atoms. The molecule has 0 fully saturated rings. The van der Waals surface area contributed by atoms with Crippen LogP contribution in [-0.2, 0) is 0 Å². The predicted octanol–water partition coefficient (Wildman–Crippen LogP) is 1.99. The third-order valence-electron chi connectivity index (χ3n) is 3.17. The molecule has 1 aliphatic heterocycles. The van der Waals surface area contributed by atoms with Gasteiger partial charge in [0.1, 0.15) is 0 Å². The first-order chi connectivity index (χ1) is 7.77. The lowest BCUT2D eigenvalue weighted by Gasteiger charge is -2.22. The topological polar surface area (TPSA) is 23.6 Å². The molecule has 86 valence electrons. The average Bonchev–Trinajstić information content (AvgIpc) is 2.47. The Bertz CT molecular complexity index is 389. The number of carbonyl (C=O) groups is 1. The second-order valence-electron chi connectivity index (χ2n) is 3.98. The molecule has 0 saturated heterocycles. The molecule has 0 spiro atoms. The van der Waals surface area contributed by atoms with E-state index in [1.165, 1.54) is 0 Å². The van der Waals surface area contributed by atoms with Crippen molar-refractivity contribution in [2.45, 2.75) is 13.8 Å². The van der Waals surface area contributed by atoms with E-state index < -0.39 is 0 Å². The van der Waals surface area contributed by atoms with Crippen LogP contribution in [0.25, 0.3) is 0 Å². The number of rotatable bonds is 2. The molecule has 1 aliphatic rings. The number of fused-ring (bicyclic) bond motifs is 1. The van der Waals surface area contributed by atoms with E-state index in [4.69, 9.17) is 0 Å². The van der Waals surface area contributed by atoms with Gasteiger partial charge < -0.3 is 9.80 Å². The van der Waals surface area contributed by atoms with Crippen molar-refractivity contribution >= 4 is 11.6 Å². The smallest absolute Gasteiger partial charge is 0.256 e. The van der Waals surface area contributed by atoms with Crippen molar-refractivity contribution in [1.29, 1.82) is 0 Å². The number of benzene rings is 1. The van der Waals surface area contributed by atoms with E-state index in [1.54, 1.807) is 0 Å². The number of amides is 1. The average molecular weight is 218 g/mol. The Labute approximate surface area is 96.7 Å². The lowest BCUT2D eigenvalue weighted by Crippen LogP contribution is -2.34. The molecule has 0 N–H and O–H groups in total. The van der Waals surface area contributed by atoms with Crippen LogP contribution in [0.1, 0.15) is 24.2 Å². The van der Waals surface area contributed by atoms with Crippen molar-refractivity contribution in [2.75, 3.05) is 31.1 Å². The molecular formula is C13H18N2O. The Balaban J connectivity index is 2.45. The number of nitrogens with zero attached hydrogens (tertiary/aromatic N) is 2. The van der Waals surface area contributed by atoms with Crippen molar-refractivity contribution in [3.05, 3.63) is 29.8 Å². The van der Waals surface area contributed by atoms with Gasteiger partial charge in [0.05, 0.1) is 5.56 Å². The molecule has 1 amide bonds. The standard InChI is InChI=1S/C13H18N2O/c1-3-14-9-10-15(4-2)13(16)11-7-5-6-8-12(11)14/h5-8H,3-4,9-10H2,1-2H3. The first-order valence-corrected chi connectivity index (χ1v) is 5.91. The molecule has 1 aromatic carbocycles. The minimum Gasteiger partial charge on any atom is -0.369 e. The molecule has 0 saturated carbocycles. The van der Waals surface area contributed by atoms with E-state index in [1.807, 2.05) is 36.1 Å². The van der Waals surface area contributed by atoms with E-state index in [2.05, 4.69) is 11.8 Å². The van der Waals surface area contributed by atoms with Crippen LogP contribution in [0.5, 0.6) is 0 Å². The number of para-hydroxylation sites is 1. The Morgan fingerprint density at radius 2 is 1.69 bits per heavy atom. The van der Waals surface area contributed by atoms with Gasteiger partial charge in [0.15, 0.2) is 0 Å². The summed E-state index contributed by atoms with van der Waals surface area (Å²) >= 11 is 0. The minimum atomic E-state index is 0.161. The lowest BCUT2D eigenvalue weighted by molar-refractivity contribution is 0.0775. The summed E-state index contributed by atoms with van der Waals surface area (Å²) in [6, 6.07) is 7.89. The molecule has 1 aromatic rings. The van der Waals surface area contributed by atoms with Crippen LogP contribution in [0.15, 0.2) is 24.3 Å². The summed E-state index contributed by atoms with van der Waals surface area (Å²) in [6.07, 6.45) is 0. The minimum absolute atomic E-state index is 0.161. The normalized spacial score (nSPS) is 16.0. The zero-order valence-electron chi connectivity index (χ0n) is 9.94. The summed E-state index contributed by atoms with van der Waals surface area (Å²) in [5.41, 5.74) is 1.91. The highest BCUT2D eigenvalue weighted by atomic mass is 16.2. The van der Waals surface area contributed by atoms with Gasteiger partial charge in [0.2, 0.25) is 0 Å². The van der Waals surface area contributed by atoms with E-state index >= 15 is 0 Å². The van der Waals surface area contributed by atoms with Gasteiger partial charge in [-0.2, -0.15) is 0 Å².